The van der Waals surface area contributed by atoms with E-state index in [9.17, 15) is 4.79 Å². The van der Waals surface area contributed by atoms with Crippen LogP contribution in [0.15, 0.2) is 24.3 Å². The van der Waals surface area contributed by atoms with E-state index in [1.165, 1.54) is 0 Å². The van der Waals surface area contributed by atoms with Gasteiger partial charge in [-0.15, -0.1) is 0 Å². The third-order valence-electron chi connectivity index (χ3n) is 3.13. The summed E-state index contributed by atoms with van der Waals surface area (Å²) in [5.41, 5.74) is 1.44. The molecule has 1 aliphatic heterocycles. The van der Waals surface area contributed by atoms with E-state index in [1.807, 2.05) is 12.1 Å². The Morgan fingerprint density at radius 3 is 2.65 bits per heavy atom. The quantitative estimate of drug-likeness (QED) is 0.763. The van der Waals surface area contributed by atoms with Gasteiger partial charge in [0, 0.05) is 19.8 Å². The highest BCUT2D eigenvalue weighted by Gasteiger charge is 2.42. The summed E-state index contributed by atoms with van der Waals surface area (Å²) >= 11 is 0. The molecule has 0 aromatic heterocycles. The van der Waals surface area contributed by atoms with Crippen molar-refractivity contribution in [2.75, 3.05) is 20.8 Å². The monoisotopic (exact) mass is 237 g/mol. The van der Waals surface area contributed by atoms with Crippen LogP contribution >= 0.6 is 0 Å². The van der Waals surface area contributed by atoms with E-state index in [0.717, 1.165) is 5.56 Å². The van der Waals surface area contributed by atoms with E-state index in [1.54, 1.807) is 26.4 Å². The summed E-state index contributed by atoms with van der Waals surface area (Å²) < 4.78 is 10.8. The standard InChI is InChI=1S/C12H15NO4/c1-16-12(17-2)7-13-10(11(14)15)8-5-3-4-6-9(8)12/h3-6,10,13H,7H2,1-2H3,(H,14,15). The average Bonchev–Trinajstić information content (AvgIpc) is 2.37. The van der Waals surface area contributed by atoms with Crippen LogP contribution in [-0.2, 0) is 20.1 Å². The molecule has 1 aliphatic rings. The van der Waals surface area contributed by atoms with Gasteiger partial charge in [0.1, 0.15) is 6.04 Å². The summed E-state index contributed by atoms with van der Waals surface area (Å²) in [6, 6.07) is 6.53. The molecule has 0 bridgehead atoms. The number of ether oxygens (including phenoxy) is 2. The molecule has 0 spiro atoms. The second-order valence-corrected chi connectivity index (χ2v) is 3.90. The first kappa shape index (κ1) is 12.0. The van der Waals surface area contributed by atoms with Gasteiger partial charge in [0.05, 0.1) is 6.54 Å². The zero-order valence-electron chi connectivity index (χ0n) is 9.77. The minimum atomic E-state index is -0.914. The molecule has 1 aromatic carbocycles. The molecule has 17 heavy (non-hydrogen) atoms. The van der Waals surface area contributed by atoms with Gasteiger partial charge in [-0.3, -0.25) is 10.1 Å². The Bertz CT molecular complexity index is 428. The van der Waals surface area contributed by atoms with Crippen LogP contribution in [0.2, 0.25) is 0 Å². The van der Waals surface area contributed by atoms with Gasteiger partial charge in [-0.05, 0) is 5.56 Å². The van der Waals surface area contributed by atoms with Gasteiger partial charge < -0.3 is 14.6 Å². The normalized spacial score (nSPS) is 21.9. The van der Waals surface area contributed by atoms with Crippen LogP contribution in [0.5, 0.6) is 0 Å². The number of hydrogen-bond acceptors (Lipinski definition) is 4. The minimum absolute atomic E-state index is 0.300. The number of nitrogens with one attached hydrogen (secondary N) is 1. The van der Waals surface area contributed by atoms with Gasteiger partial charge in [0.2, 0.25) is 5.79 Å². The van der Waals surface area contributed by atoms with Crippen molar-refractivity contribution >= 4 is 5.97 Å². The minimum Gasteiger partial charge on any atom is -0.480 e. The Hall–Kier alpha value is -1.43. The molecule has 2 rings (SSSR count). The molecule has 0 radical (unpaired) electrons. The van der Waals surface area contributed by atoms with Crippen LogP contribution in [0.1, 0.15) is 17.2 Å². The van der Waals surface area contributed by atoms with Gasteiger partial charge in [-0.2, -0.15) is 0 Å². The lowest BCUT2D eigenvalue weighted by atomic mass is 9.90. The zero-order valence-corrected chi connectivity index (χ0v) is 9.77. The first-order valence-corrected chi connectivity index (χ1v) is 5.30. The van der Waals surface area contributed by atoms with Crippen LogP contribution in [0.25, 0.3) is 0 Å². The third-order valence-corrected chi connectivity index (χ3v) is 3.13. The van der Waals surface area contributed by atoms with Crippen LogP contribution < -0.4 is 5.32 Å². The maximum absolute atomic E-state index is 11.2. The fourth-order valence-corrected chi connectivity index (χ4v) is 2.21. The molecule has 1 heterocycles. The maximum Gasteiger partial charge on any atom is 0.325 e. The van der Waals surface area contributed by atoms with Gasteiger partial charge >= 0.3 is 5.97 Å². The van der Waals surface area contributed by atoms with Crippen molar-refractivity contribution in [1.29, 1.82) is 0 Å². The van der Waals surface area contributed by atoms with Crippen LogP contribution in [-0.4, -0.2) is 31.8 Å². The zero-order chi connectivity index (χ0) is 12.5. The predicted octanol–water partition coefficient (Wildman–Crippen LogP) is 0.861. The molecule has 2 N–H and O–H groups in total. The summed E-state index contributed by atoms with van der Waals surface area (Å²) in [4.78, 5) is 11.2. The largest absolute Gasteiger partial charge is 0.480 e. The van der Waals surface area contributed by atoms with Crippen molar-refractivity contribution in [3.63, 3.8) is 0 Å². The molecule has 0 saturated heterocycles. The molecule has 1 aromatic rings. The van der Waals surface area contributed by atoms with Gasteiger partial charge in [0.15, 0.2) is 0 Å². The molecule has 1 atom stereocenters. The summed E-state index contributed by atoms with van der Waals surface area (Å²) in [7, 11) is 3.09. The third kappa shape index (κ3) is 1.82. The average molecular weight is 237 g/mol. The lowest BCUT2D eigenvalue weighted by molar-refractivity contribution is -0.217. The molecule has 92 valence electrons. The maximum atomic E-state index is 11.2. The molecule has 0 fully saturated rings. The highest BCUT2D eigenvalue weighted by Crippen LogP contribution is 2.35. The van der Waals surface area contributed by atoms with E-state index in [-0.39, 0.29) is 0 Å². The molecule has 0 aliphatic carbocycles. The number of aliphatic carboxylic acids is 1. The topological polar surface area (TPSA) is 67.8 Å². The number of fused-ring (bicyclic) bond motifs is 1. The van der Waals surface area contributed by atoms with E-state index in [4.69, 9.17) is 14.6 Å². The SMILES string of the molecule is COC1(OC)CNC(C(=O)O)c2ccccc21. The number of carboxylic acid groups (broad SMARTS) is 1. The summed E-state index contributed by atoms with van der Waals surface area (Å²) in [5.74, 6) is -1.82. The van der Waals surface area contributed by atoms with Gasteiger partial charge in [0.25, 0.3) is 0 Å². The highest BCUT2D eigenvalue weighted by atomic mass is 16.7. The number of benzene rings is 1. The van der Waals surface area contributed by atoms with Crippen LogP contribution in [0.3, 0.4) is 0 Å². The Morgan fingerprint density at radius 2 is 2.06 bits per heavy atom. The molecule has 5 nitrogen and oxygen atoms in total. The lowest BCUT2D eigenvalue weighted by Gasteiger charge is -2.39. The van der Waals surface area contributed by atoms with Crippen molar-refractivity contribution in [2.45, 2.75) is 11.8 Å². The molecule has 0 saturated carbocycles. The second-order valence-electron chi connectivity index (χ2n) is 3.90. The fourth-order valence-electron chi connectivity index (χ4n) is 2.21. The Balaban J connectivity index is 2.54. The van der Waals surface area contributed by atoms with E-state index in [2.05, 4.69) is 5.32 Å². The summed E-state index contributed by atoms with van der Waals surface area (Å²) in [6.07, 6.45) is 0. The Kier molecular flexibility index (Phi) is 3.15. The second kappa shape index (κ2) is 4.44. The molecular formula is C12H15NO4. The number of carboxylic acids is 1. The first-order valence-electron chi connectivity index (χ1n) is 5.30. The Labute approximate surface area is 99.3 Å². The molecule has 1 unspecified atom stereocenters. The van der Waals surface area contributed by atoms with Crippen molar-refractivity contribution in [2.24, 2.45) is 0 Å². The van der Waals surface area contributed by atoms with Gasteiger partial charge in [-0.25, -0.2) is 0 Å². The van der Waals surface area contributed by atoms with Crippen molar-refractivity contribution in [3.8, 4) is 0 Å². The Morgan fingerprint density at radius 1 is 1.41 bits per heavy atom. The smallest absolute Gasteiger partial charge is 0.325 e. The van der Waals surface area contributed by atoms with Gasteiger partial charge in [-0.1, -0.05) is 24.3 Å². The number of rotatable bonds is 3. The van der Waals surface area contributed by atoms with E-state index in [0.29, 0.717) is 12.1 Å². The summed E-state index contributed by atoms with van der Waals surface area (Å²) in [6.45, 7) is 0.300. The molecule has 5 heteroatoms. The van der Waals surface area contributed by atoms with Crippen LogP contribution in [0, 0.1) is 0 Å². The molecule has 0 amide bonds. The number of methoxy groups -OCH3 is 2. The van der Waals surface area contributed by atoms with Crippen molar-refractivity contribution < 1.29 is 19.4 Å². The van der Waals surface area contributed by atoms with E-state index >= 15 is 0 Å². The van der Waals surface area contributed by atoms with Crippen molar-refractivity contribution in [3.05, 3.63) is 35.4 Å². The van der Waals surface area contributed by atoms with E-state index < -0.39 is 17.8 Å². The highest BCUT2D eigenvalue weighted by molar-refractivity contribution is 5.76. The van der Waals surface area contributed by atoms with Crippen molar-refractivity contribution in [1.82, 2.24) is 5.32 Å². The molecular weight excluding hydrogens is 222 g/mol. The number of carbonyl (C=O) groups is 1. The van der Waals surface area contributed by atoms with Crippen LogP contribution in [0.4, 0.5) is 0 Å². The number of hydrogen-bond donors (Lipinski definition) is 2. The fraction of sp³-hybridized carbons (Fsp3) is 0.417. The first-order chi connectivity index (χ1) is 8.14. The summed E-state index contributed by atoms with van der Waals surface area (Å²) in [5, 5.41) is 12.1. The lowest BCUT2D eigenvalue weighted by Crippen LogP contribution is -2.49. The predicted molar refractivity (Wildman–Crippen MR) is 60.5 cm³/mol.